The molecule has 0 spiro atoms. The Labute approximate surface area is 202 Å². The first-order valence-corrected chi connectivity index (χ1v) is 13.3. The van der Waals surface area contributed by atoms with E-state index in [9.17, 15) is 5.11 Å². The Kier molecular flexibility index (Phi) is 16.5. The van der Waals surface area contributed by atoms with Crippen molar-refractivity contribution in [1.29, 1.82) is 0 Å². The minimum absolute atomic E-state index is 0.119. The van der Waals surface area contributed by atoms with Gasteiger partial charge in [0.15, 0.2) is 0 Å². The second-order valence-corrected chi connectivity index (χ2v) is 9.20. The van der Waals surface area contributed by atoms with Crippen molar-refractivity contribution in [2.45, 2.75) is 103 Å². The third-order valence-electron chi connectivity index (χ3n) is 6.13. The monoisotopic (exact) mass is 454 g/mol. The van der Waals surface area contributed by atoms with Crippen molar-refractivity contribution >= 4 is 0 Å². The van der Waals surface area contributed by atoms with Crippen LogP contribution in [0, 0.1) is 0 Å². The smallest absolute Gasteiger partial charge is 0.0716 e. The predicted molar refractivity (Wildman–Crippen MR) is 138 cm³/mol. The van der Waals surface area contributed by atoms with E-state index in [1.807, 2.05) is 24.3 Å². The van der Waals surface area contributed by atoms with Crippen LogP contribution in [0.1, 0.15) is 94.6 Å². The quantitative estimate of drug-likeness (QED) is 0.195. The van der Waals surface area contributed by atoms with E-state index >= 15 is 0 Å². The summed E-state index contributed by atoms with van der Waals surface area (Å²) in [4.78, 5) is 0. The van der Waals surface area contributed by atoms with Crippen LogP contribution < -0.4 is 0 Å². The lowest BCUT2D eigenvalue weighted by molar-refractivity contribution is 0.113. The highest BCUT2D eigenvalue weighted by molar-refractivity contribution is 5.14. The van der Waals surface area contributed by atoms with Crippen LogP contribution in [0.4, 0.5) is 0 Å². The van der Waals surface area contributed by atoms with Crippen molar-refractivity contribution in [2.75, 3.05) is 13.2 Å². The average Bonchev–Trinajstić information content (AvgIpc) is 2.85. The zero-order chi connectivity index (χ0) is 23.2. The van der Waals surface area contributed by atoms with E-state index in [2.05, 4.69) is 36.4 Å². The van der Waals surface area contributed by atoms with Gasteiger partial charge in [-0.1, -0.05) is 118 Å². The van der Waals surface area contributed by atoms with Crippen molar-refractivity contribution < 1.29 is 14.6 Å². The number of hydrogen-bond donors (Lipinski definition) is 1. The molecule has 0 aliphatic carbocycles. The Balaban J connectivity index is 1.26. The largest absolute Gasteiger partial charge is 0.393 e. The van der Waals surface area contributed by atoms with Gasteiger partial charge in [-0.15, -0.1) is 0 Å². The van der Waals surface area contributed by atoms with E-state index in [1.165, 1.54) is 49.7 Å². The molecule has 0 aliphatic rings. The fraction of sp³-hybridized carbons (Fsp3) is 0.600. The molecule has 0 aliphatic heterocycles. The van der Waals surface area contributed by atoms with Crippen molar-refractivity contribution in [2.24, 2.45) is 0 Å². The van der Waals surface area contributed by atoms with Crippen LogP contribution in [-0.2, 0) is 22.7 Å². The Bertz CT molecular complexity index is 659. The van der Waals surface area contributed by atoms with Gasteiger partial charge in [-0.25, -0.2) is 0 Å². The first-order chi connectivity index (χ1) is 16.3. The Hall–Kier alpha value is -1.68. The number of hydrogen-bond acceptors (Lipinski definition) is 3. The lowest BCUT2D eigenvalue weighted by Crippen LogP contribution is -2.06. The molecule has 0 bridgehead atoms. The summed E-state index contributed by atoms with van der Waals surface area (Å²) in [5.74, 6) is 0. The summed E-state index contributed by atoms with van der Waals surface area (Å²) in [5, 5.41) is 10.2. The molecule has 0 aromatic heterocycles. The maximum absolute atomic E-state index is 10.2. The fourth-order valence-electron chi connectivity index (χ4n) is 4.08. The second kappa shape index (κ2) is 19.8. The van der Waals surface area contributed by atoms with Crippen LogP contribution in [0.2, 0.25) is 0 Å². The summed E-state index contributed by atoms with van der Waals surface area (Å²) < 4.78 is 11.5. The molecule has 1 atom stereocenters. The Morgan fingerprint density at radius 2 is 0.848 bits per heavy atom. The molecule has 3 heteroatoms. The summed E-state index contributed by atoms with van der Waals surface area (Å²) in [7, 11) is 0. The van der Waals surface area contributed by atoms with E-state index in [0.29, 0.717) is 6.61 Å². The number of aliphatic hydroxyl groups excluding tert-OH is 1. The first-order valence-electron chi connectivity index (χ1n) is 13.3. The van der Waals surface area contributed by atoms with Crippen LogP contribution in [0.25, 0.3) is 0 Å². The highest BCUT2D eigenvalue weighted by atomic mass is 16.5. The molecule has 2 rings (SSSR count). The number of rotatable bonds is 21. The van der Waals surface area contributed by atoms with Crippen LogP contribution >= 0.6 is 0 Å². The zero-order valence-corrected chi connectivity index (χ0v) is 20.6. The molecule has 1 unspecified atom stereocenters. The zero-order valence-electron chi connectivity index (χ0n) is 20.6. The third-order valence-corrected chi connectivity index (χ3v) is 6.13. The van der Waals surface area contributed by atoms with Crippen molar-refractivity contribution in [3.63, 3.8) is 0 Å². The van der Waals surface area contributed by atoms with E-state index in [0.717, 1.165) is 64.8 Å². The summed E-state index contributed by atoms with van der Waals surface area (Å²) in [6.07, 6.45) is 15.2. The van der Waals surface area contributed by atoms with Crippen LogP contribution in [0.5, 0.6) is 0 Å². The number of benzene rings is 2. The van der Waals surface area contributed by atoms with E-state index in [4.69, 9.17) is 9.47 Å². The number of unbranched alkanes of at least 4 members (excludes halogenated alkanes) is 9. The molecule has 0 saturated heterocycles. The highest BCUT2D eigenvalue weighted by Crippen LogP contribution is 2.14. The molecule has 2 aromatic carbocycles. The molecular weight excluding hydrogens is 408 g/mol. The van der Waals surface area contributed by atoms with Gasteiger partial charge in [0.1, 0.15) is 0 Å². The molecule has 0 fully saturated rings. The minimum Gasteiger partial charge on any atom is -0.393 e. The van der Waals surface area contributed by atoms with Crippen LogP contribution in [0.15, 0.2) is 60.7 Å². The van der Waals surface area contributed by atoms with Gasteiger partial charge in [-0.05, 0) is 36.8 Å². The van der Waals surface area contributed by atoms with Crippen molar-refractivity contribution in [3.05, 3.63) is 71.8 Å². The normalized spacial score (nSPS) is 12.2. The van der Waals surface area contributed by atoms with Gasteiger partial charge in [0, 0.05) is 13.2 Å². The van der Waals surface area contributed by atoms with Gasteiger partial charge < -0.3 is 14.6 Å². The summed E-state index contributed by atoms with van der Waals surface area (Å²) in [6.45, 7) is 3.11. The Morgan fingerprint density at radius 3 is 1.30 bits per heavy atom. The maximum Gasteiger partial charge on any atom is 0.0716 e. The summed E-state index contributed by atoms with van der Waals surface area (Å²) in [6, 6.07) is 20.7. The van der Waals surface area contributed by atoms with Gasteiger partial charge >= 0.3 is 0 Å². The Morgan fingerprint density at radius 1 is 0.485 bits per heavy atom. The van der Waals surface area contributed by atoms with Gasteiger partial charge in [0.2, 0.25) is 0 Å². The van der Waals surface area contributed by atoms with Gasteiger partial charge in [-0.3, -0.25) is 0 Å². The van der Waals surface area contributed by atoms with Crippen molar-refractivity contribution in [1.82, 2.24) is 0 Å². The van der Waals surface area contributed by atoms with E-state index in [-0.39, 0.29) is 6.10 Å². The summed E-state index contributed by atoms with van der Waals surface area (Å²) in [5.41, 5.74) is 2.49. The number of ether oxygens (including phenoxy) is 2. The number of aliphatic hydroxyl groups is 1. The minimum atomic E-state index is -0.119. The third kappa shape index (κ3) is 15.7. The van der Waals surface area contributed by atoms with Gasteiger partial charge in [0.25, 0.3) is 0 Å². The summed E-state index contributed by atoms with van der Waals surface area (Å²) >= 11 is 0. The SMILES string of the molecule is OC(CCCCCCCCCCOCc1ccccc1)CCCCCOCc1ccccc1. The lowest BCUT2D eigenvalue weighted by atomic mass is 10.0. The molecule has 0 radical (unpaired) electrons. The molecule has 0 heterocycles. The molecular formula is C30H46O3. The molecule has 0 amide bonds. The molecule has 33 heavy (non-hydrogen) atoms. The van der Waals surface area contributed by atoms with Crippen molar-refractivity contribution in [3.8, 4) is 0 Å². The fourth-order valence-corrected chi connectivity index (χ4v) is 4.08. The molecule has 0 saturated carbocycles. The first kappa shape index (κ1) is 27.6. The van der Waals surface area contributed by atoms with Gasteiger partial charge in [0.05, 0.1) is 19.3 Å². The standard InChI is InChI=1S/C30H46O3/c31-30(23-15-9-17-25-33-27-29-20-12-8-13-21-29)22-14-5-3-1-2-4-6-16-24-32-26-28-18-10-7-11-19-28/h7-8,10-13,18-21,30-31H,1-6,9,14-17,22-27H2. The average molecular weight is 455 g/mol. The molecule has 3 nitrogen and oxygen atoms in total. The lowest BCUT2D eigenvalue weighted by Gasteiger charge is -2.10. The highest BCUT2D eigenvalue weighted by Gasteiger charge is 2.04. The van der Waals surface area contributed by atoms with Crippen LogP contribution in [-0.4, -0.2) is 24.4 Å². The predicted octanol–water partition coefficient (Wildman–Crippen LogP) is 7.85. The molecule has 184 valence electrons. The van der Waals surface area contributed by atoms with E-state index in [1.54, 1.807) is 0 Å². The second-order valence-electron chi connectivity index (χ2n) is 9.20. The topological polar surface area (TPSA) is 38.7 Å². The maximum atomic E-state index is 10.2. The molecule has 1 N–H and O–H groups in total. The van der Waals surface area contributed by atoms with Crippen LogP contribution in [0.3, 0.4) is 0 Å². The van der Waals surface area contributed by atoms with E-state index < -0.39 is 0 Å². The molecule has 2 aromatic rings. The van der Waals surface area contributed by atoms with Gasteiger partial charge in [-0.2, -0.15) is 0 Å².